The van der Waals surface area contributed by atoms with Gasteiger partial charge in [0.1, 0.15) is 23.1 Å². The van der Waals surface area contributed by atoms with Crippen LogP contribution >= 0.6 is 0 Å². The Labute approximate surface area is 152 Å². The van der Waals surface area contributed by atoms with Crippen LogP contribution in [-0.4, -0.2) is 19.7 Å². The lowest BCUT2D eigenvalue weighted by Gasteiger charge is -2.09. The average molecular weight is 362 g/mol. The fraction of sp³-hybridized carbons (Fsp3) is 0.0526. The summed E-state index contributed by atoms with van der Waals surface area (Å²) < 4.78 is 28.7. The van der Waals surface area contributed by atoms with Gasteiger partial charge in [-0.1, -0.05) is 0 Å². The van der Waals surface area contributed by atoms with Crippen LogP contribution in [0.2, 0.25) is 0 Å². The zero-order valence-corrected chi connectivity index (χ0v) is 14.1. The minimum Gasteiger partial charge on any atom is -0.340 e. The molecule has 0 saturated carbocycles. The van der Waals surface area contributed by atoms with Crippen LogP contribution in [0.1, 0.15) is 11.4 Å². The lowest BCUT2D eigenvalue weighted by atomic mass is 10.2. The summed E-state index contributed by atoms with van der Waals surface area (Å²) in [5.74, 6) is -0.446. The number of rotatable bonds is 3. The summed E-state index contributed by atoms with van der Waals surface area (Å²) in [7, 11) is 0. The minimum absolute atomic E-state index is 0.0915. The standard InChI is InChI=1S/C19H12F2N6/c1-11-24-18(26-14-5-2-12(9-22)3-6-14)15-10-23-27(19(15)25-11)17-7-4-13(20)8-16(17)21/h2-8,10H,1H3,(H,24,25,26). The van der Waals surface area contributed by atoms with E-state index in [4.69, 9.17) is 5.26 Å². The Bertz CT molecular complexity index is 1190. The van der Waals surface area contributed by atoms with E-state index in [1.54, 1.807) is 31.2 Å². The predicted molar refractivity (Wildman–Crippen MR) is 95.8 cm³/mol. The molecule has 8 heteroatoms. The van der Waals surface area contributed by atoms with Crippen molar-refractivity contribution in [3.05, 3.63) is 71.7 Å². The van der Waals surface area contributed by atoms with Gasteiger partial charge in [0.2, 0.25) is 0 Å². The molecule has 0 aliphatic heterocycles. The second-order valence-electron chi connectivity index (χ2n) is 5.82. The number of benzene rings is 2. The molecule has 0 spiro atoms. The summed E-state index contributed by atoms with van der Waals surface area (Å²) in [4.78, 5) is 8.74. The van der Waals surface area contributed by atoms with Crippen molar-refractivity contribution < 1.29 is 8.78 Å². The summed E-state index contributed by atoms with van der Waals surface area (Å²) in [6, 6.07) is 12.2. The highest BCUT2D eigenvalue weighted by atomic mass is 19.1. The molecule has 27 heavy (non-hydrogen) atoms. The average Bonchev–Trinajstić information content (AvgIpc) is 3.06. The van der Waals surface area contributed by atoms with E-state index in [1.165, 1.54) is 16.9 Å². The molecule has 0 bridgehead atoms. The van der Waals surface area contributed by atoms with Gasteiger partial charge in [-0.05, 0) is 43.3 Å². The number of anilines is 2. The summed E-state index contributed by atoms with van der Waals surface area (Å²) >= 11 is 0. The van der Waals surface area contributed by atoms with E-state index < -0.39 is 11.6 Å². The molecule has 0 aliphatic rings. The number of nitriles is 1. The maximum absolute atomic E-state index is 14.2. The molecule has 0 atom stereocenters. The number of nitrogens with one attached hydrogen (secondary N) is 1. The quantitative estimate of drug-likeness (QED) is 0.595. The highest BCUT2D eigenvalue weighted by molar-refractivity contribution is 5.89. The smallest absolute Gasteiger partial charge is 0.168 e. The Morgan fingerprint density at radius 3 is 2.56 bits per heavy atom. The lowest BCUT2D eigenvalue weighted by molar-refractivity contribution is 0.574. The molecule has 1 N–H and O–H groups in total. The first-order valence-corrected chi connectivity index (χ1v) is 8.00. The number of hydrogen-bond donors (Lipinski definition) is 1. The van der Waals surface area contributed by atoms with E-state index in [0.717, 1.165) is 17.8 Å². The summed E-state index contributed by atoms with van der Waals surface area (Å²) in [5.41, 5.74) is 1.76. The van der Waals surface area contributed by atoms with Crippen molar-refractivity contribution in [2.75, 3.05) is 5.32 Å². The Kier molecular flexibility index (Phi) is 3.97. The van der Waals surface area contributed by atoms with Crippen molar-refractivity contribution in [3.8, 4) is 11.8 Å². The van der Waals surface area contributed by atoms with Gasteiger partial charge < -0.3 is 5.32 Å². The molecule has 0 aliphatic carbocycles. The highest BCUT2D eigenvalue weighted by Gasteiger charge is 2.15. The van der Waals surface area contributed by atoms with Crippen molar-refractivity contribution in [3.63, 3.8) is 0 Å². The number of fused-ring (bicyclic) bond motifs is 1. The van der Waals surface area contributed by atoms with Crippen LogP contribution in [0.5, 0.6) is 0 Å². The molecule has 2 aromatic heterocycles. The number of halogens is 2. The van der Waals surface area contributed by atoms with Crippen LogP contribution in [0.25, 0.3) is 16.7 Å². The third kappa shape index (κ3) is 3.06. The summed E-state index contributed by atoms with van der Waals surface area (Å²) in [5, 5.41) is 16.8. The molecule has 4 aromatic rings. The molecule has 4 rings (SSSR count). The van der Waals surface area contributed by atoms with Crippen LogP contribution in [0.4, 0.5) is 20.3 Å². The minimum atomic E-state index is -0.738. The first-order valence-electron chi connectivity index (χ1n) is 8.00. The molecular weight excluding hydrogens is 350 g/mol. The van der Waals surface area contributed by atoms with Gasteiger partial charge in [-0.15, -0.1) is 0 Å². The molecule has 132 valence electrons. The Morgan fingerprint density at radius 2 is 1.85 bits per heavy atom. The van der Waals surface area contributed by atoms with Crippen LogP contribution in [0.3, 0.4) is 0 Å². The molecule has 0 amide bonds. The van der Waals surface area contributed by atoms with Crippen molar-refractivity contribution in [1.82, 2.24) is 19.7 Å². The van der Waals surface area contributed by atoms with E-state index in [2.05, 4.69) is 26.5 Å². The van der Waals surface area contributed by atoms with E-state index in [0.29, 0.717) is 28.2 Å². The first kappa shape index (κ1) is 16.6. The second-order valence-corrected chi connectivity index (χ2v) is 5.82. The van der Waals surface area contributed by atoms with Gasteiger partial charge in [-0.25, -0.2) is 23.4 Å². The van der Waals surface area contributed by atoms with Crippen molar-refractivity contribution in [2.45, 2.75) is 6.92 Å². The Morgan fingerprint density at radius 1 is 1.07 bits per heavy atom. The van der Waals surface area contributed by atoms with Gasteiger partial charge in [0, 0.05) is 11.8 Å². The number of aryl methyl sites for hydroxylation is 1. The molecule has 6 nitrogen and oxygen atoms in total. The number of nitrogens with zero attached hydrogens (tertiary/aromatic N) is 5. The fourth-order valence-corrected chi connectivity index (χ4v) is 2.71. The zero-order valence-electron chi connectivity index (χ0n) is 14.1. The Hall–Kier alpha value is -3.86. The van der Waals surface area contributed by atoms with E-state index >= 15 is 0 Å². The van der Waals surface area contributed by atoms with Gasteiger partial charge in [-0.3, -0.25) is 0 Å². The highest BCUT2D eigenvalue weighted by Crippen LogP contribution is 2.26. The lowest BCUT2D eigenvalue weighted by Crippen LogP contribution is -2.04. The van der Waals surface area contributed by atoms with Gasteiger partial charge >= 0.3 is 0 Å². The van der Waals surface area contributed by atoms with Crippen molar-refractivity contribution in [2.24, 2.45) is 0 Å². The normalized spacial score (nSPS) is 10.7. The van der Waals surface area contributed by atoms with Gasteiger partial charge in [-0.2, -0.15) is 10.4 Å². The largest absolute Gasteiger partial charge is 0.340 e. The number of hydrogen-bond acceptors (Lipinski definition) is 5. The van der Waals surface area contributed by atoms with Crippen LogP contribution in [0.15, 0.2) is 48.7 Å². The fourth-order valence-electron chi connectivity index (χ4n) is 2.71. The monoisotopic (exact) mass is 362 g/mol. The molecule has 0 saturated heterocycles. The second kappa shape index (κ2) is 6.46. The summed E-state index contributed by atoms with van der Waals surface area (Å²) in [6.07, 6.45) is 1.52. The molecule has 0 radical (unpaired) electrons. The first-order chi connectivity index (χ1) is 13.0. The van der Waals surface area contributed by atoms with Gasteiger partial charge in [0.25, 0.3) is 0 Å². The van der Waals surface area contributed by atoms with E-state index in [1.807, 2.05) is 0 Å². The van der Waals surface area contributed by atoms with Gasteiger partial charge in [0.15, 0.2) is 11.5 Å². The zero-order chi connectivity index (χ0) is 19.0. The molecular formula is C19H12F2N6. The van der Waals surface area contributed by atoms with Crippen LogP contribution < -0.4 is 5.32 Å². The third-order valence-electron chi connectivity index (χ3n) is 3.95. The van der Waals surface area contributed by atoms with Crippen molar-refractivity contribution in [1.29, 1.82) is 5.26 Å². The maximum Gasteiger partial charge on any atom is 0.168 e. The maximum atomic E-state index is 14.2. The van der Waals surface area contributed by atoms with Gasteiger partial charge in [0.05, 0.1) is 23.2 Å². The summed E-state index contributed by atoms with van der Waals surface area (Å²) in [6.45, 7) is 1.71. The van der Waals surface area contributed by atoms with Crippen LogP contribution in [0, 0.1) is 29.9 Å². The molecule has 0 fully saturated rings. The SMILES string of the molecule is Cc1nc(Nc2ccc(C#N)cc2)c2cnn(-c3ccc(F)cc3F)c2n1. The van der Waals surface area contributed by atoms with Crippen LogP contribution in [-0.2, 0) is 0 Å². The van der Waals surface area contributed by atoms with Crippen molar-refractivity contribution >= 4 is 22.5 Å². The topological polar surface area (TPSA) is 79.4 Å². The molecule has 2 aromatic carbocycles. The van der Waals surface area contributed by atoms with E-state index in [9.17, 15) is 8.78 Å². The molecule has 2 heterocycles. The third-order valence-corrected chi connectivity index (χ3v) is 3.95. The molecule has 0 unspecified atom stereocenters. The Balaban J connectivity index is 1.81. The van der Waals surface area contributed by atoms with E-state index in [-0.39, 0.29) is 5.69 Å². The number of aromatic nitrogens is 4. The predicted octanol–water partition coefficient (Wildman–Crippen LogP) is 4.02.